The van der Waals surface area contributed by atoms with Gasteiger partial charge in [0.1, 0.15) is 10.6 Å². The van der Waals surface area contributed by atoms with Gasteiger partial charge < -0.3 is 15.2 Å². The second-order valence-corrected chi connectivity index (χ2v) is 11.2. The number of sulfonamides is 1. The molecule has 1 aromatic carbocycles. The molecule has 3 heterocycles. The zero-order chi connectivity index (χ0) is 23.6. The zero-order valence-corrected chi connectivity index (χ0v) is 20.0. The molecule has 178 valence electrons. The van der Waals surface area contributed by atoms with Crippen LogP contribution in [0.15, 0.2) is 41.4 Å². The van der Waals surface area contributed by atoms with Gasteiger partial charge in [-0.05, 0) is 56.2 Å². The normalized spacial score (nSPS) is 20.5. The van der Waals surface area contributed by atoms with Crippen molar-refractivity contribution in [2.24, 2.45) is 11.8 Å². The van der Waals surface area contributed by atoms with Crippen LogP contribution in [0.3, 0.4) is 0 Å². The Kier molecular flexibility index (Phi) is 6.90. The van der Waals surface area contributed by atoms with Crippen LogP contribution < -0.4 is 5.32 Å². The molecule has 2 fully saturated rings. The lowest BCUT2D eigenvalue weighted by atomic mass is 9.98. The topological polar surface area (TPSA) is 103 Å². The lowest BCUT2D eigenvalue weighted by molar-refractivity contribution is -0.120. The molecule has 2 aliphatic heterocycles. The quantitative estimate of drug-likeness (QED) is 0.697. The van der Waals surface area contributed by atoms with E-state index in [-0.39, 0.29) is 28.9 Å². The first-order valence-electron chi connectivity index (χ1n) is 11.6. The van der Waals surface area contributed by atoms with Crippen molar-refractivity contribution in [3.63, 3.8) is 0 Å². The summed E-state index contributed by atoms with van der Waals surface area (Å²) < 4.78 is 27.9. The lowest BCUT2D eigenvalue weighted by Crippen LogP contribution is -2.43. The third kappa shape index (κ3) is 5.14. The Morgan fingerprint density at radius 3 is 2.55 bits per heavy atom. The number of H-pyrrole nitrogens is 1. The van der Waals surface area contributed by atoms with Crippen LogP contribution in [0.25, 0.3) is 0 Å². The van der Waals surface area contributed by atoms with Gasteiger partial charge in [0.05, 0.1) is 5.92 Å². The average molecular weight is 473 g/mol. The van der Waals surface area contributed by atoms with E-state index in [2.05, 4.69) is 17.2 Å². The van der Waals surface area contributed by atoms with Gasteiger partial charge in [-0.1, -0.05) is 25.1 Å². The maximum Gasteiger partial charge on any atom is 0.270 e. The van der Waals surface area contributed by atoms with E-state index in [1.807, 2.05) is 31.2 Å². The minimum absolute atomic E-state index is 0.0659. The molecule has 2 aromatic rings. The number of benzene rings is 1. The Morgan fingerprint density at radius 2 is 1.82 bits per heavy atom. The van der Waals surface area contributed by atoms with Gasteiger partial charge in [-0.3, -0.25) is 9.59 Å². The number of piperidine rings is 2. The number of carbonyl (C=O) groups excluding carboxylic acids is 2. The standard InChI is InChI=1S/C24H32N4O4S/c1-17-9-12-27(13-10-17)24(30)22-14-20(15-25-22)33(31,32)28-11-5-7-19(16-28)23(29)26-21-8-4-3-6-18(21)2/h3-4,6,8,14-15,17,19,25H,5,7,9-13,16H2,1-2H3,(H,26,29)/t19-/m1/s1. The van der Waals surface area contributed by atoms with Gasteiger partial charge >= 0.3 is 0 Å². The molecular formula is C24H32N4O4S. The van der Waals surface area contributed by atoms with Crippen LogP contribution in [0.5, 0.6) is 0 Å². The monoisotopic (exact) mass is 472 g/mol. The SMILES string of the molecule is Cc1ccccc1NC(=O)[C@@H]1CCCN(S(=O)(=O)c2c[nH]c(C(=O)N3CCC(C)CC3)c2)C1. The number of likely N-dealkylation sites (tertiary alicyclic amines) is 1. The van der Waals surface area contributed by atoms with Crippen LogP contribution in [-0.2, 0) is 14.8 Å². The number of hydrogen-bond acceptors (Lipinski definition) is 4. The third-order valence-electron chi connectivity index (χ3n) is 6.75. The highest BCUT2D eigenvalue weighted by Gasteiger charge is 2.34. The highest BCUT2D eigenvalue weighted by molar-refractivity contribution is 7.89. The summed E-state index contributed by atoms with van der Waals surface area (Å²) in [5, 5.41) is 2.93. The van der Waals surface area contributed by atoms with Gasteiger partial charge in [-0.15, -0.1) is 0 Å². The van der Waals surface area contributed by atoms with Crippen molar-refractivity contribution in [2.45, 2.75) is 44.4 Å². The first-order valence-corrected chi connectivity index (χ1v) is 13.0. The van der Waals surface area contributed by atoms with Gasteiger partial charge in [0.15, 0.2) is 0 Å². The molecule has 0 bridgehead atoms. The van der Waals surface area contributed by atoms with Crippen LogP contribution in [0, 0.1) is 18.8 Å². The zero-order valence-electron chi connectivity index (χ0n) is 19.2. The van der Waals surface area contributed by atoms with Gasteiger partial charge in [0, 0.05) is 38.1 Å². The van der Waals surface area contributed by atoms with E-state index in [0.29, 0.717) is 38.4 Å². The number of carbonyl (C=O) groups is 2. The third-order valence-corrected chi connectivity index (χ3v) is 8.60. The minimum atomic E-state index is -3.81. The molecule has 0 saturated carbocycles. The smallest absolute Gasteiger partial charge is 0.270 e. The summed E-state index contributed by atoms with van der Waals surface area (Å²) in [5.74, 6) is -0.168. The number of amides is 2. The van der Waals surface area contributed by atoms with Crippen molar-refractivity contribution in [1.29, 1.82) is 0 Å². The van der Waals surface area contributed by atoms with Gasteiger partial charge in [-0.25, -0.2) is 8.42 Å². The number of aryl methyl sites for hydroxylation is 1. The van der Waals surface area contributed by atoms with Crippen LogP contribution in [0.2, 0.25) is 0 Å². The number of rotatable bonds is 5. The summed E-state index contributed by atoms with van der Waals surface area (Å²) in [6, 6.07) is 8.94. The number of para-hydroxylation sites is 1. The molecule has 0 unspecified atom stereocenters. The fraction of sp³-hybridized carbons (Fsp3) is 0.500. The van der Waals surface area contributed by atoms with E-state index in [1.165, 1.54) is 16.6 Å². The maximum absolute atomic E-state index is 13.3. The number of aromatic amines is 1. The van der Waals surface area contributed by atoms with Gasteiger partial charge in [0.25, 0.3) is 5.91 Å². The first kappa shape index (κ1) is 23.5. The molecule has 4 rings (SSSR count). The van der Waals surface area contributed by atoms with Gasteiger partial charge in [0.2, 0.25) is 15.9 Å². The molecule has 33 heavy (non-hydrogen) atoms. The van der Waals surface area contributed by atoms with E-state index in [1.54, 1.807) is 4.90 Å². The molecule has 0 spiro atoms. The molecule has 1 aromatic heterocycles. The molecule has 2 N–H and O–H groups in total. The summed E-state index contributed by atoms with van der Waals surface area (Å²) in [4.78, 5) is 30.3. The molecule has 2 aliphatic rings. The second-order valence-electron chi connectivity index (χ2n) is 9.23. The van der Waals surface area contributed by atoms with Crippen LogP contribution in [0.1, 0.15) is 48.7 Å². The van der Waals surface area contributed by atoms with Crippen molar-refractivity contribution in [1.82, 2.24) is 14.2 Å². The average Bonchev–Trinajstić information content (AvgIpc) is 3.32. The van der Waals surface area contributed by atoms with E-state index in [9.17, 15) is 18.0 Å². The van der Waals surface area contributed by atoms with E-state index in [4.69, 9.17) is 0 Å². The maximum atomic E-state index is 13.3. The predicted octanol–water partition coefficient (Wildman–Crippen LogP) is 3.23. The molecule has 9 heteroatoms. The minimum Gasteiger partial charge on any atom is -0.356 e. The van der Waals surface area contributed by atoms with Crippen molar-refractivity contribution < 1.29 is 18.0 Å². The predicted molar refractivity (Wildman–Crippen MR) is 126 cm³/mol. The molecular weight excluding hydrogens is 440 g/mol. The number of nitrogens with one attached hydrogen (secondary N) is 2. The van der Waals surface area contributed by atoms with Crippen LogP contribution >= 0.6 is 0 Å². The number of anilines is 1. The highest BCUT2D eigenvalue weighted by atomic mass is 32.2. The molecule has 8 nitrogen and oxygen atoms in total. The molecule has 0 aliphatic carbocycles. The Bertz CT molecular complexity index is 1120. The van der Waals surface area contributed by atoms with Crippen molar-refractivity contribution in [2.75, 3.05) is 31.5 Å². The Labute approximate surface area is 195 Å². The molecule has 2 saturated heterocycles. The Balaban J connectivity index is 1.43. The van der Waals surface area contributed by atoms with Crippen molar-refractivity contribution in [3.05, 3.63) is 47.8 Å². The Morgan fingerprint density at radius 1 is 1.09 bits per heavy atom. The van der Waals surface area contributed by atoms with Crippen molar-refractivity contribution in [3.8, 4) is 0 Å². The number of hydrogen-bond donors (Lipinski definition) is 2. The van der Waals surface area contributed by atoms with E-state index < -0.39 is 15.9 Å². The fourth-order valence-electron chi connectivity index (χ4n) is 4.50. The highest BCUT2D eigenvalue weighted by Crippen LogP contribution is 2.26. The first-order chi connectivity index (χ1) is 15.8. The largest absolute Gasteiger partial charge is 0.356 e. The van der Waals surface area contributed by atoms with Crippen molar-refractivity contribution >= 4 is 27.5 Å². The van der Waals surface area contributed by atoms with Gasteiger partial charge in [-0.2, -0.15) is 4.31 Å². The summed E-state index contributed by atoms with van der Waals surface area (Å²) in [6.45, 7) is 5.94. The number of nitrogens with zero attached hydrogens (tertiary/aromatic N) is 2. The van der Waals surface area contributed by atoms with Crippen LogP contribution in [-0.4, -0.2) is 60.6 Å². The summed E-state index contributed by atoms with van der Waals surface area (Å²) >= 11 is 0. The molecule has 2 amide bonds. The summed E-state index contributed by atoms with van der Waals surface area (Å²) in [5.41, 5.74) is 1.98. The summed E-state index contributed by atoms with van der Waals surface area (Å²) in [7, 11) is -3.81. The second kappa shape index (κ2) is 9.69. The Hall–Kier alpha value is -2.65. The lowest BCUT2D eigenvalue weighted by Gasteiger charge is -2.31. The molecule has 1 atom stereocenters. The van der Waals surface area contributed by atoms with E-state index in [0.717, 1.165) is 24.1 Å². The summed E-state index contributed by atoms with van der Waals surface area (Å²) in [6.07, 6.45) is 4.53. The molecule has 0 radical (unpaired) electrons. The van der Waals surface area contributed by atoms with E-state index >= 15 is 0 Å². The fourth-order valence-corrected chi connectivity index (χ4v) is 6.02. The number of aromatic nitrogens is 1. The van der Waals surface area contributed by atoms with Crippen LogP contribution in [0.4, 0.5) is 5.69 Å².